The van der Waals surface area contributed by atoms with Crippen LogP contribution in [-0.2, 0) is 0 Å². The highest BCUT2D eigenvalue weighted by molar-refractivity contribution is 5.93. The maximum absolute atomic E-state index is 13.2. The highest BCUT2D eigenvalue weighted by atomic mass is 19.1. The second kappa shape index (κ2) is 8.23. The van der Waals surface area contributed by atoms with Crippen molar-refractivity contribution in [1.82, 2.24) is 24.9 Å². The third-order valence-electron chi connectivity index (χ3n) is 5.47. The first-order valence-electron chi connectivity index (χ1n) is 10.2. The standard InChI is InChI=1S/C22H18FN7O3/c1-14-19(26-27-30(14)16-6-4-15(23)5-7-16)21(31)28-8-10-29(11-9-28)22-17(13-24)25-20(33-22)18-3-2-12-32-18/h2-7,12H,8-11H2,1H3. The summed E-state index contributed by atoms with van der Waals surface area (Å²) in [5.74, 6) is 0.432. The van der Waals surface area contributed by atoms with Crippen molar-refractivity contribution in [1.29, 1.82) is 5.26 Å². The Kier molecular flexibility index (Phi) is 5.10. The van der Waals surface area contributed by atoms with E-state index in [9.17, 15) is 14.4 Å². The molecule has 0 aliphatic carbocycles. The number of oxazole rings is 1. The molecule has 0 atom stereocenters. The van der Waals surface area contributed by atoms with Crippen LogP contribution in [0.5, 0.6) is 0 Å². The van der Waals surface area contributed by atoms with Crippen molar-refractivity contribution in [2.75, 3.05) is 31.1 Å². The van der Waals surface area contributed by atoms with Gasteiger partial charge in [-0.25, -0.2) is 9.07 Å². The van der Waals surface area contributed by atoms with E-state index in [1.165, 1.54) is 23.1 Å². The van der Waals surface area contributed by atoms with Crippen LogP contribution in [0.25, 0.3) is 17.3 Å². The molecule has 1 aromatic carbocycles. The summed E-state index contributed by atoms with van der Waals surface area (Å²) in [5, 5.41) is 17.6. The summed E-state index contributed by atoms with van der Waals surface area (Å²) in [6.45, 7) is 3.47. The van der Waals surface area contributed by atoms with Crippen LogP contribution >= 0.6 is 0 Å². The Hall–Kier alpha value is -4.46. The summed E-state index contributed by atoms with van der Waals surface area (Å²) < 4.78 is 25.8. The van der Waals surface area contributed by atoms with Gasteiger partial charge in [0.05, 0.1) is 17.6 Å². The zero-order valence-corrected chi connectivity index (χ0v) is 17.6. The van der Waals surface area contributed by atoms with Crippen molar-refractivity contribution in [3.63, 3.8) is 0 Å². The quantitative estimate of drug-likeness (QED) is 0.469. The number of amides is 1. The zero-order chi connectivity index (χ0) is 22.9. The van der Waals surface area contributed by atoms with Gasteiger partial charge in [0.2, 0.25) is 11.6 Å². The van der Waals surface area contributed by atoms with Crippen molar-refractivity contribution in [3.8, 4) is 23.4 Å². The monoisotopic (exact) mass is 447 g/mol. The van der Waals surface area contributed by atoms with Gasteiger partial charge in [-0.2, -0.15) is 10.2 Å². The highest BCUT2D eigenvalue weighted by Crippen LogP contribution is 2.29. The first-order valence-corrected chi connectivity index (χ1v) is 10.2. The lowest BCUT2D eigenvalue weighted by atomic mass is 10.2. The molecule has 0 spiro atoms. The Bertz CT molecular complexity index is 1330. The van der Waals surface area contributed by atoms with Crippen LogP contribution in [-0.4, -0.2) is 57.0 Å². The lowest BCUT2D eigenvalue weighted by molar-refractivity contribution is 0.0738. The fraction of sp³-hybridized carbons (Fsp3) is 0.227. The van der Waals surface area contributed by atoms with Gasteiger partial charge in [0, 0.05) is 26.2 Å². The van der Waals surface area contributed by atoms with Crippen molar-refractivity contribution in [3.05, 3.63) is 65.6 Å². The molecule has 0 saturated carbocycles. The van der Waals surface area contributed by atoms with Crippen LogP contribution in [0, 0.1) is 24.1 Å². The number of carbonyl (C=O) groups excluding carboxylic acids is 1. The van der Waals surface area contributed by atoms with Crippen LogP contribution in [0.3, 0.4) is 0 Å². The van der Waals surface area contributed by atoms with E-state index in [0.717, 1.165) is 0 Å². The molecule has 33 heavy (non-hydrogen) atoms. The number of furan rings is 1. The number of benzene rings is 1. The lowest BCUT2D eigenvalue weighted by Gasteiger charge is -2.34. The summed E-state index contributed by atoms with van der Waals surface area (Å²) in [6.07, 6.45) is 1.50. The molecule has 1 amide bonds. The van der Waals surface area contributed by atoms with E-state index in [2.05, 4.69) is 21.4 Å². The van der Waals surface area contributed by atoms with Crippen LogP contribution < -0.4 is 4.90 Å². The number of hydrogen-bond donors (Lipinski definition) is 0. The Morgan fingerprint density at radius 1 is 1.15 bits per heavy atom. The molecule has 4 heterocycles. The molecule has 1 saturated heterocycles. The zero-order valence-electron chi connectivity index (χ0n) is 17.6. The SMILES string of the molecule is Cc1c(C(=O)N2CCN(c3oc(-c4ccco4)nc3C#N)CC2)nnn1-c1ccc(F)cc1. The molecule has 4 aromatic rings. The maximum atomic E-state index is 13.2. The van der Waals surface area contributed by atoms with Gasteiger partial charge in [0.25, 0.3) is 11.8 Å². The van der Waals surface area contributed by atoms with Crippen molar-refractivity contribution in [2.24, 2.45) is 0 Å². The molecule has 0 bridgehead atoms. The fourth-order valence-electron chi connectivity index (χ4n) is 3.72. The normalized spacial score (nSPS) is 13.8. The second-order valence-electron chi connectivity index (χ2n) is 7.45. The number of halogens is 1. The van der Waals surface area contributed by atoms with E-state index < -0.39 is 0 Å². The summed E-state index contributed by atoms with van der Waals surface area (Å²) in [6, 6.07) is 11.3. The number of rotatable bonds is 4. The second-order valence-corrected chi connectivity index (χ2v) is 7.45. The number of carbonyl (C=O) groups is 1. The minimum Gasteiger partial charge on any atom is -0.459 e. The predicted molar refractivity (Wildman–Crippen MR) is 113 cm³/mol. The molecule has 1 fully saturated rings. The van der Waals surface area contributed by atoms with E-state index >= 15 is 0 Å². The molecule has 3 aromatic heterocycles. The van der Waals surface area contributed by atoms with E-state index in [-0.39, 0.29) is 29.0 Å². The minimum absolute atomic E-state index is 0.166. The Morgan fingerprint density at radius 3 is 2.58 bits per heavy atom. The number of aromatic nitrogens is 4. The van der Waals surface area contributed by atoms with Crippen LogP contribution in [0.1, 0.15) is 21.9 Å². The summed E-state index contributed by atoms with van der Waals surface area (Å²) in [7, 11) is 0. The van der Waals surface area contributed by atoms with Crippen molar-refractivity contribution < 1.29 is 18.0 Å². The number of piperazine rings is 1. The number of nitriles is 1. The third-order valence-corrected chi connectivity index (χ3v) is 5.47. The first kappa shape index (κ1) is 20.4. The number of hydrogen-bond acceptors (Lipinski definition) is 8. The average molecular weight is 447 g/mol. The van der Waals surface area contributed by atoms with Crippen LogP contribution in [0.4, 0.5) is 10.3 Å². The topological polar surface area (TPSA) is 117 Å². The summed E-state index contributed by atoms with van der Waals surface area (Å²) >= 11 is 0. The molecule has 11 heteroatoms. The number of anilines is 1. The molecule has 166 valence electrons. The van der Waals surface area contributed by atoms with E-state index in [1.807, 2.05) is 4.90 Å². The maximum Gasteiger partial charge on any atom is 0.276 e. The molecule has 0 radical (unpaired) electrons. The largest absolute Gasteiger partial charge is 0.459 e. The molecular formula is C22H18FN7O3. The molecule has 5 rings (SSSR count). The molecule has 1 aliphatic rings. The van der Waals surface area contributed by atoms with Gasteiger partial charge in [-0.05, 0) is 43.3 Å². The molecule has 0 N–H and O–H groups in total. The van der Waals surface area contributed by atoms with Gasteiger partial charge in [-0.1, -0.05) is 5.21 Å². The van der Waals surface area contributed by atoms with Gasteiger partial charge in [0.15, 0.2) is 11.5 Å². The highest BCUT2D eigenvalue weighted by Gasteiger charge is 2.29. The van der Waals surface area contributed by atoms with Gasteiger partial charge in [0.1, 0.15) is 11.9 Å². The van der Waals surface area contributed by atoms with Gasteiger partial charge in [-0.3, -0.25) is 4.79 Å². The fourth-order valence-corrected chi connectivity index (χ4v) is 3.72. The Morgan fingerprint density at radius 2 is 1.91 bits per heavy atom. The van der Waals surface area contributed by atoms with E-state index in [4.69, 9.17) is 8.83 Å². The summed E-state index contributed by atoms with van der Waals surface area (Å²) in [5.41, 5.74) is 1.59. The van der Waals surface area contributed by atoms with E-state index in [0.29, 0.717) is 49.2 Å². The van der Waals surface area contributed by atoms with Gasteiger partial charge in [-0.15, -0.1) is 5.10 Å². The predicted octanol–water partition coefficient (Wildman–Crippen LogP) is 2.80. The van der Waals surface area contributed by atoms with E-state index in [1.54, 1.807) is 36.1 Å². The average Bonchev–Trinajstić information content (AvgIpc) is 3.59. The first-order chi connectivity index (χ1) is 16.0. The molecule has 1 aliphatic heterocycles. The smallest absolute Gasteiger partial charge is 0.276 e. The summed E-state index contributed by atoms with van der Waals surface area (Å²) in [4.78, 5) is 20.8. The van der Waals surface area contributed by atoms with Crippen molar-refractivity contribution >= 4 is 11.8 Å². The lowest BCUT2D eigenvalue weighted by Crippen LogP contribution is -2.49. The number of nitrogens with zero attached hydrogens (tertiary/aromatic N) is 7. The van der Waals surface area contributed by atoms with Gasteiger partial charge >= 0.3 is 0 Å². The Balaban J connectivity index is 1.30. The Labute approximate surface area is 187 Å². The molecule has 10 nitrogen and oxygen atoms in total. The van der Waals surface area contributed by atoms with Gasteiger partial charge < -0.3 is 18.6 Å². The molecule has 0 unspecified atom stereocenters. The molecular weight excluding hydrogens is 429 g/mol. The third kappa shape index (κ3) is 3.71. The van der Waals surface area contributed by atoms with Crippen LogP contribution in [0.15, 0.2) is 51.5 Å². The van der Waals surface area contributed by atoms with Crippen LogP contribution in [0.2, 0.25) is 0 Å². The van der Waals surface area contributed by atoms with Crippen molar-refractivity contribution in [2.45, 2.75) is 6.92 Å². The minimum atomic E-state index is -0.353.